The predicted octanol–water partition coefficient (Wildman–Crippen LogP) is 2.96. The number of alkyl halides is 3. The first-order valence-corrected chi connectivity index (χ1v) is 9.14. The number of benzene rings is 1. The van der Waals surface area contributed by atoms with Gasteiger partial charge in [-0.25, -0.2) is 4.72 Å². The summed E-state index contributed by atoms with van der Waals surface area (Å²) in [5.41, 5.74) is -0.0389. The van der Waals surface area contributed by atoms with Gasteiger partial charge in [-0.1, -0.05) is 25.0 Å². The summed E-state index contributed by atoms with van der Waals surface area (Å²) in [7, 11) is -3.50. The van der Waals surface area contributed by atoms with Crippen molar-refractivity contribution in [1.29, 1.82) is 0 Å². The Morgan fingerprint density at radius 3 is 2.09 bits per heavy atom. The molecule has 2 rings (SSSR count). The van der Waals surface area contributed by atoms with Crippen molar-refractivity contribution >= 4 is 10.2 Å². The molecule has 1 aromatic carbocycles. The average Bonchev–Trinajstić information content (AvgIpc) is 2.76. The molecule has 130 valence electrons. The van der Waals surface area contributed by atoms with Crippen LogP contribution >= 0.6 is 0 Å². The van der Waals surface area contributed by atoms with Crippen molar-refractivity contribution in [3.8, 4) is 0 Å². The maximum Gasteiger partial charge on any atom is 0.416 e. The van der Waals surface area contributed by atoms with Crippen LogP contribution in [0.2, 0.25) is 0 Å². The van der Waals surface area contributed by atoms with Crippen molar-refractivity contribution in [2.75, 3.05) is 19.6 Å². The van der Waals surface area contributed by atoms with Gasteiger partial charge in [0.1, 0.15) is 0 Å². The molecule has 0 aliphatic carbocycles. The summed E-state index contributed by atoms with van der Waals surface area (Å²) in [5, 5.41) is 0. The number of nitrogens with zero attached hydrogens (tertiary/aromatic N) is 1. The lowest BCUT2D eigenvalue weighted by molar-refractivity contribution is -0.137. The van der Waals surface area contributed by atoms with Gasteiger partial charge in [-0.05, 0) is 37.0 Å². The molecule has 0 amide bonds. The van der Waals surface area contributed by atoms with E-state index in [0.717, 1.165) is 37.8 Å². The molecule has 4 nitrogen and oxygen atoms in total. The molecule has 1 fully saturated rings. The van der Waals surface area contributed by atoms with E-state index in [-0.39, 0.29) is 6.54 Å². The van der Waals surface area contributed by atoms with E-state index in [1.165, 1.54) is 16.4 Å². The van der Waals surface area contributed by atoms with Gasteiger partial charge < -0.3 is 0 Å². The van der Waals surface area contributed by atoms with Gasteiger partial charge in [0.05, 0.1) is 5.56 Å². The molecule has 0 bridgehead atoms. The van der Waals surface area contributed by atoms with E-state index in [1.54, 1.807) is 0 Å². The summed E-state index contributed by atoms with van der Waals surface area (Å²) in [6.45, 7) is 1.22. The molecule has 1 aliphatic rings. The highest BCUT2D eigenvalue weighted by Crippen LogP contribution is 2.29. The van der Waals surface area contributed by atoms with Crippen LogP contribution in [0, 0.1) is 0 Å². The maximum absolute atomic E-state index is 12.5. The summed E-state index contributed by atoms with van der Waals surface area (Å²) in [6, 6.07) is 4.78. The summed E-state index contributed by atoms with van der Waals surface area (Å²) < 4.78 is 65.7. The van der Waals surface area contributed by atoms with Crippen molar-refractivity contribution in [3.05, 3.63) is 35.4 Å². The Kier molecular flexibility index (Phi) is 6.05. The molecule has 8 heteroatoms. The highest BCUT2D eigenvalue weighted by atomic mass is 32.2. The average molecular weight is 350 g/mol. The molecule has 0 unspecified atom stereocenters. The first-order valence-electron chi connectivity index (χ1n) is 7.70. The highest BCUT2D eigenvalue weighted by molar-refractivity contribution is 7.87. The molecule has 1 aromatic rings. The van der Waals surface area contributed by atoms with Gasteiger partial charge in [0.15, 0.2) is 0 Å². The van der Waals surface area contributed by atoms with Crippen molar-refractivity contribution in [3.63, 3.8) is 0 Å². The van der Waals surface area contributed by atoms with Gasteiger partial charge in [-0.3, -0.25) is 0 Å². The molecule has 0 radical (unpaired) electrons. The number of hydrogen-bond acceptors (Lipinski definition) is 2. The second-order valence-electron chi connectivity index (χ2n) is 5.66. The summed E-state index contributed by atoms with van der Waals surface area (Å²) in [6.07, 6.45) is -0.202. The molecule has 0 atom stereocenters. The van der Waals surface area contributed by atoms with Crippen molar-refractivity contribution < 1.29 is 21.6 Å². The zero-order valence-corrected chi connectivity index (χ0v) is 13.6. The second-order valence-corrected chi connectivity index (χ2v) is 7.41. The van der Waals surface area contributed by atoms with E-state index in [2.05, 4.69) is 4.72 Å². The van der Waals surface area contributed by atoms with Crippen LogP contribution in [-0.2, 0) is 22.8 Å². The first-order chi connectivity index (χ1) is 10.8. The van der Waals surface area contributed by atoms with Gasteiger partial charge in [0.25, 0.3) is 10.2 Å². The lowest BCUT2D eigenvalue weighted by Gasteiger charge is -2.20. The van der Waals surface area contributed by atoms with E-state index in [9.17, 15) is 21.6 Å². The van der Waals surface area contributed by atoms with E-state index < -0.39 is 21.9 Å². The third-order valence-electron chi connectivity index (χ3n) is 3.88. The Balaban J connectivity index is 1.86. The minimum Gasteiger partial charge on any atom is -0.202 e. The fourth-order valence-corrected chi connectivity index (χ4v) is 3.84. The number of rotatable bonds is 5. The lowest BCUT2D eigenvalue weighted by atomic mass is 10.1. The van der Waals surface area contributed by atoms with Crippen LogP contribution < -0.4 is 4.72 Å². The van der Waals surface area contributed by atoms with Crippen LogP contribution in [0.25, 0.3) is 0 Å². The molecule has 1 aliphatic heterocycles. The number of halogens is 3. The standard InChI is InChI=1S/C15H21F3N2O2S/c16-15(17,18)14-7-5-13(6-8-14)9-10-19-23(21,22)20-11-3-1-2-4-12-20/h5-8,19H,1-4,9-12H2. The molecule has 1 saturated heterocycles. The van der Waals surface area contributed by atoms with Crippen LogP contribution in [0.3, 0.4) is 0 Å². The Hall–Kier alpha value is -1.12. The Bertz CT molecular complexity index is 592. The molecular formula is C15H21F3N2O2S. The summed E-state index contributed by atoms with van der Waals surface area (Å²) >= 11 is 0. The topological polar surface area (TPSA) is 49.4 Å². The minimum absolute atomic E-state index is 0.171. The second kappa shape index (κ2) is 7.63. The fraction of sp³-hybridized carbons (Fsp3) is 0.600. The molecule has 0 saturated carbocycles. The normalized spacial score (nSPS) is 17.9. The summed E-state index contributed by atoms with van der Waals surface area (Å²) in [5.74, 6) is 0. The van der Waals surface area contributed by atoms with E-state index in [0.29, 0.717) is 25.1 Å². The molecular weight excluding hydrogens is 329 g/mol. The zero-order chi connectivity index (χ0) is 16.9. The molecule has 1 N–H and O–H groups in total. The van der Waals surface area contributed by atoms with E-state index in [4.69, 9.17) is 0 Å². The number of hydrogen-bond donors (Lipinski definition) is 1. The molecule has 1 heterocycles. The highest BCUT2D eigenvalue weighted by Gasteiger charge is 2.30. The molecule has 23 heavy (non-hydrogen) atoms. The van der Waals surface area contributed by atoms with E-state index >= 15 is 0 Å². The Labute approximate surface area is 134 Å². The largest absolute Gasteiger partial charge is 0.416 e. The predicted molar refractivity (Wildman–Crippen MR) is 82.1 cm³/mol. The SMILES string of the molecule is O=S(=O)(NCCc1ccc(C(F)(F)F)cc1)N1CCCCCC1. The van der Waals surface area contributed by atoms with Gasteiger partial charge >= 0.3 is 6.18 Å². The van der Waals surface area contributed by atoms with Gasteiger partial charge in [-0.2, -0.15) is 25.9 Å². The van der Waals surface area contributed by atoms with Crippen molar-refractivity contribution in [2.24, 2.45) is 0 Å². The quantitative estimate of drug-likeness (QED) is 0.888. The van der Waals surface area contributed by atoms with Crippen LogP contribution in [0.15, 0.2) is 24.3 Å². The molecule has 0 aromatic heterocycles. The van der Waals surface area contributed by atoms with E-state index in [1.807, 2.05) is 0 Å². The third kappa shape index (κ3) is 5.47. The fourth-order valence-electron chi connectivity index (χ4n) is 2.56. The smallest absolute Gasteiger partial charge is 0.202 e. The third-order valence-corrected chi connectivity index (χ3v) is 5.50. The van der Waals surface area contributed by atoms with Crippen LogP contribution in [-0.4, -0.2) is 32.4 Å². The van der Waals surface area contributed by atoms with Crippen LogP contribution in [0.1, 0.15) is 36.8 Å². The minimum atomic E-state index is -4.35. The summed E-state index contributed by atoms with van der Waals surface area (Å²) in [4.78, 5) is 0. The maximum atomic E-state index is 12.5. The molecule has 0 spiro atoms. The van der Waals surface area contributed by atoms with Crippen LogP contribution in [0.4, 0.5) is 13.2 Å². The van der Waals surface area contributed by atoms with Crippen molar-refractivity contribution in [2.45, 2.75) is 38.3 Å². The first kappa shape index (κ1) is 18.2. The van der Waals surface area contributed by atoms with Crippen molar-refractivity contribution in [1.82, 2.24) is 9.03 Å². The monoisotopic (exact) mass is 350 g/mol. The zero-order valence-electron chi connectivity index (χ0n) is 12.8. The Morgan fingerprint density at radius 2 is 1.57 bits per heavy atom. The van der Waals surface area contributed by atoms with Gasteiger partial charge in [0.2, 0.25) is 0 Å². The number of nitrogens with one attached hydrogen (secondary N) is 1. The van der Waals surface area contributed by atoms with Crippen LogP contribution in [0.5, 0.6) is 0 Å². The Morgan fingerprint density at radius 1 is 1.00 bits per heavy atom. The lowest BCUT2D eigenvalue weighted by Crippen LogP contribution is -2.41. The van der Waals surface area contributed by atoms with Gasteiger partial charge in [0, 0.05) is 19.6 Å². The van der Waals surface area contributed by atoms with Gasteiger partial charge in [-0.15, -0.1) is 0 Å².